The molecule has 0 N–H and O–H groups in total. The van der Waals surface area contributed by atoms with Gasteiger partial charge in [0.25, 0.3) is 0 Å². The molecule has 0 radical (unpaired) electrons. The molecule has 1 aliphatic heterocycles. The van der Waals surface area contributed by atoms with Crippen LogP contribution in [0.1, 0.15) is 73.1 Å². The van der Waals surface area contributed by atoms with Gasteiger partial charge < -0.3 is 4.74 Å². The fourth-order valence-electron chi connectivity index (χ4n) is 6.26. The lowest BCUT2D eigenvalue weighted by Gasteiger charge is -2.64. The van der Waals surface area contributed by atoms with Crippen molar-refractivity contribution < 1.29 is 9.53 Å². The summed E-state index contributed by atoms with van der Waals surface area (Å²) in [6, 6.07) is 0. The van der Waals surface area contributed by atoms with Crippen LogP contribution in [0.5, 0.6) is 0 Å². The zero-order valence-corrected chi connectivity index (χ0v) is 15.0. The van der Waals surface area contributed by atoms with Gasteiger partial charge in [-0.15, -0.1) is 0 Å². The summed E-state index contributed by atoms with van der Waals surface area (Å²) >= 11 is 0. The van der Waals surface area contributed by atoms with Crippen LogP contribution in [0, 0.1) is 22.7 Å². The smallest absolute Gasteiger partial charge is 0.168 e. The molecule has 2 aliphatic carbocycles. The Kier molecular flexibility index (Phi) is 3.46. The van der Waals surface area contributed by atoms with E-state index >= 15 is 0 Å². The summed E-state index contributed by atoms with van der Waals surface area (Å²) in [6.07, 6.45) is 8.48. The van der Waals surface area contributed by atoms with Gasteiger partial charge in [-0.1, -0.05) is 39.8 Å². The number of carbonyl (C=O) groups excluding carboxylic acids is 1. The molecule has 2 nitrogen and oxygen atoms in total. The van der Waals surface area contributed by atoms with E-state index in [0.717, 1.165) is 6.42 Å². The van der Waals surface area contributed by atoms with Gasteiger partial charge in [-0.05, 0) is 56.3 Å². The molecular formula is C20H32O2. The van der Waals surface area contributed by atoms with E-state index in [4.69, 9.17) is 4.74 Å². The van der Waals surface area contributed by atoms with Gasteiger partial charge in [-0.2, -0.15) is 0 Å². The van der Waals surface area contributed by atoms with Crippen LogP contribution in [0.4, 0.5) is 0 Å². The quantitative estimate of drug-likeness (QED) is 0.643. The van der Waals surface area contributed by atoms with Gasteiger partial charge in [0.05, 0.1) is 5.60 Å². The Morgan fingerprint density at radius 2 is 1.77 bits per heavy atom. The first-order valence-electron chi connectivity index (χ1n) is 8.94. The SMILES string of the molecule is C=C[C@@]1(C)O[C@]2(C)CCC3C(C)(C)CCC[C@]3(C)C2CC1=O. The summed E-state index contributed by atoms with van der Waals surface area (Å²) in [7, 11) is 0. The second kappa shape index (κ2) is 4.69. The van der Waals surface area contributed by atoms with Gasteiger partial charge in [-0.3, -0.25) is 4.79 Å². The number of rotatable bonds is 1. The van der Waals surface area contributed by atoms with Gasteiger partial charge in [0.15, 0.2) is 5.78 Å². The molecule has 2 saturated carbocycles. The lowest BCUT2D eigenvalue weighted by atomic mass is 9.44. The van der Waals surface area contributed by atoms with E-state index in [-0.39, 0.29) is 16.8 Å². The van der Waals surface area contributed by atoms with Gasteiger partial charge >= 0.3 is 0 Å². The average Bonchev–Trinajstić information content (AvgIpc) is 2.40. The molecule has 0 aromatic heterocycles. The summed E-state index contributed by atoms with van der Waals surface area (Å²) in [6.45, 7) is 15.3. The average molecular weight is 304 g/mol. The second-order valence-corrected chi connectivity index (χ2v) is 9.35. The Hall–Kier alpha value is -0.630. The Labute approximate surface area is 135 Å². The van der Waals surface area contributed by atoms with Gasteiger partial charge in [0.1, 0.15) is 5.60 Å². The molecule has 1 heterocycles. The summed E-state index contributed by atoms with van der Waals surface area (Å²) in [5.74, 6) is 1.27. The van der Waals surface area contributed by atoms with Gasteiger partial charge in [-0.25, -0.2) is 0 Å². The molecule has 2 unspecified atom stereocenters. The molecule has 0 aromatic rings. The summed E-state index contributed by atoms with van der Waals surface area (Å²) < 4.78 is 6.44. The van der Waals surface area contributed by atoms with Crippen LogP contribution >= 0.6 is 0 Å². The van der Waals surface area contributed by atoms with Crippen molar-refractivity contribution in [1.82, 2.24) is 0 Å². The summed E-state index contributed by atoms with van der Waals surface area (Å²) in [4.78, 5) is 12.7. The predicted molar refractivity (Wildman–Crippen MR) is 89.7 cm³/mol. The fourth-order valence-corrected chi connectivity index (χ4v) is 6.26. The molecule has 3 fully saturated rings. The van der Waals surface area contributed by atoms with Crippen molar-refractivity contribution in [2.45, 2.75) is 84.3 Å². The zero-order valence-electron chi connectivity index (χ0n) is 15.0. The first-order chi connectivity index (χ1) is 10.1. The van der Waals surface area contributed by atoms with Crippen molar-refractivity contribution in [3.63, 3.8) is 0 Å². The Bertz CT molecular complexity index is 508. The molecule has 124 valence electrons. The van der Waals surface area contributed by atoms with Crippen LogP contribution < -0.4 is 0 Å². The van der Waals surface area contributed by atoms with E-state index < -0.39 is 5.60 Å². The maximum atomic E-state index is 12.7. The lowest BCUT2D eigenvalue weighted by molar-refractivity contribution is -0.242. The number of carbonyl (C=O) groups is 1. The highest BCUT2D eigenvalue weighted by atomic mass is 16.5. The lowest BCUT2D eigenvalue weighted by Crippen LogP contribution is -2.64. The van der Waals surface area contributed by atoms with E-state index in [0.29, 0.717) is 23.7 Å². The predicted octanol–water partition coefficient (Wildman–Crippen LogP) is 4.92. The molecule has 1 saturated heterocycles. The zero-order chi connectivity index (χ0) is 16.4. The molecule has 2 heteroatoms. The molecule has 22 heavy (non-hydrogen) atoms. The highest BCUT2D eigenvalue weighted by Crippen LogP contribution is 2.65. The molecule has 3 aliphatic rings. The molecule has 5 atom stereocenters. The second-order valence-electron chi connectivity index (χ2n) is 9.35. The van der Waals surface area contributed by atoms with Crippen molar-refractivity contribution in [3.05, 3.63) is 12.7 Å². The minimum absolute atomic E-state index is 0.185. The molecule has 0 aromatic carbocycles. The summed E-state index contributed by atoms with van der Waals surface area (Å²) in [5.41, 5.74) is -0.363. The van der Waals surface area contributed by atoms with Gasteiger partial charge in [0, 0.05) is 12.3 Å². The maximum absolute atomic E-state index is 12.7. The first kappa shape index (κ1) is 16.2. The number of ketones is 1. The van der Waals surface area contributed by atoms with Crippen LogP contribution in [0.3, 0.4) is 0 Å². The third-order valence-electron chi connectivity index (χ3n) is 7.52. The number of hydrogen-bond acceptors (Lipinski definition) is 2. The highest BCUT2D eigenvalue weighted by molar-refractivity contribution is 5.90. The standard InChI is InChI=1S/C20H32O2/c1-7-19(5)16(21)13-15-18(4)11-8-10-17(2,3)14(18)9-12-20(15,6)22-19/h7,14-15H,1,8-13H2,2-6H3/t14?,15?,18-,19+,20+/m0/s1. The van der Waals surface area contributed by atoms with Crippen molar-refractivity contribution in [2.75, 3.05) is 0 Å². The van der Waals surface area contributed by atoms with E-state index in [1.807, 2.05) is 6.92 Å². The molecule has 0 bridgehead atoms. The number of fused-ring (bicyclic) bond motifs is 3. The van der Waals surface area contributed by atoms with Crippen molar-refractivity contribution in [3.8, 4) is 0 Å². The van der Waals surface area contributed by atoms with Crippen LogP contribution in [0.25, 0.3) is 0 Å². The van der Waals surface area contributed by atoms with Crippen molar-refractivity contribution in [2.24, 2.45) is 22.7 Å². The van der Waals surface area contributed by atoms with Crippen LogP contribution in [-0.4, -0.2) is 17.0 Å². The highest BCUT2D eigenvalue weighted by Gasteiger charge is 2.63. The number of ether oxygens (including phenoxy) is 1. The maximum Gasteiger partial charge on any atom is 0.168 e. The Morgan fingerprint density at radius 1 is 1.09 bits per heavy atom. The molecular weight excluding hydrogens is 272 g/mol. The molecule has 0 spiro atoms. The Morgan fingerprint density at radius 3 is 2.41 bits per heavy atom. The summed E-state index contributed by atoms with van der Waals surface area (Å²) in [5, 5.41) is 0. The van der Waals surface area contributed by atoms with E-state index in [1.165, 1.54) is 25.7 Å². The van der Waals surface area contributed by atoms with Crippen LogP contribution in [-0.2, 0) is 9.53 Å². The van der Waals surface area contributed by atoms with Gasteiger partial charge in [0.2, 0.25) is 0 Å². The van der Waals surface area contributed by atoms with E-state index in [1.54, 1.807) is 6.08 Å². The molecule has 0 amide bonds. The third kappa shape index (κ3) is 2.06. The van der Waals surface area contributed by atoms with E-state index in [2.05, 4.69) is 34.3 Å². The fraction of sp³-hybridized carbons (Fsp3) is 0.850. The Balaban J connectivity index is 2.00. The normalized spacial score (nSPS) is 50.9. The number of hydrogen-bond donors (Lipinski definition) is 0. The molecule has 3 rings (SSSR count). The third-order valence-corrected chi connectivity index (χ3v) is 7.52. The minimum Gasteiger partial charge on any atom is -0.357 e. The van der Waals surface area contributed by atoms with Crippen molar-refractivity contribution in [1.29, 1.82) is 0 Å². The monoisotopic (exact) mass is 304 g/mol. The largest absolute Gasteiger partial charge is 0.357 e. The first-order valence-corrected chi connectivity index (χ1v) is 8.94. The topological polar surface area (TPSA) is 26.3 Å². The van der Waals surface area contributed by atoms with E-state index in [9.17, 15) is 4.79 Å². The van der Waals surface area contributed by atoms with Crippen LogP contribution in [0.15, 0.2) is 12.7 Å². The number of Topliss-reactive ketones (excluding diaryl/α,β-unsaturated/α-hetero) is 1. The minimum atomic E-state index is -0.793. The van der Waals surface area contributed by atoms with Crippen LogP contribution in [0.2, 0.25) is 0 Å². The van der Waals surface area contributed by atoms with Crippen molar-refractivity contribution >= 4 is 5.78 Å².